The Hall–Kier alpha value is -2.23. The maximum atomic E-state index is 12.0. The monoisotopic (exact) mass is 255 g/mol. The summed E-state index contributed by atoms with van der Waals surface area (Å²) in [6.45, 7) is 2.05. The van der Waals surface area contributed by atoms with Gasteiger partial charge in [-0.3, -0.25) is 14.8 Å². The fourth-order valence-electron chi connectivity index (χ4n) is 1.93. The van der Waals surface area contributed by atoms with Crippen LogP contribution in [0.15, 0.2) is 49.1 Å². The van der Waals surface area contributed by atoms with Crippen LogP contribution in [0.2, 0.25) is 0 Å². The van der Waals surface area contributed by atoms with Crippen molar-refractivity contribution >= 4 is 5.91 Å². The average molecular weight is 255 g/mol. The molecule has 0 fully saturated rings. The predicted molar refractivity (Wildman–Crippen MR) is 73.4 cm³/mol. The molecular weight excluding hydrogens is 238 g/mol. The molecule has 0 unspecified atom stereocenters. The number of amides is 1. The maximum absolute atomic E-state index is 12.0. The van der Waals surface area contributed by atoms with E-state index in [-0.39, 0.29) is 11.9 Å². The van der Waals surface area contributed by atoms with E-state index >= 15 is 0 Å². The smallest absolute Gasteiger partial charge is 0.224 e. The van der Waals surface area contributed by atoms with Crippen LogP contribution in [-0.2, 0) is 11.2 Å². The molecular formula is C15H17N3O. The van der Waals surface area contributed by atoms with E-state index in [9.17, 15) is 4.79 Å². The van der Waals surface area contributed by atoms with Crippen molar-refractivity contribution in [1.29, 1.82) is 0 Å². The Morgan fingerprint density at radius 2 is 2.00 bits per heavy atom. The number of hydrogen-bond acceptors (Lipinski definition) is 3. The molecule has 98 valence electrons. The molecule has 0 saturated carbocycles. The number of rotatable bonds is 5. The number of hydrogen-bond donors (Lipinski definition) is 1. The Labute approximate surface area is 112 Å². The van der Waals surface area contributed by atoms with Gasteiger partial charge in [0, 0.05) is 24.8 Å². The molecule has 1 atom stereocenters. The Morgan fingerprint density at radius 3 is 2.63 bits per heavy atom. The average Bonchev–Trinajstić information content (AvgIpc) is 2.47. The first-order valence-corrected chi connectivity index (χ1v) is 6.37. The summed E-state index contributed by atoms with van der Waals surface area (Å²) in [7, 11) is 0. The number of carbonyl (C=O) groups excluding carboxylic acids is 1. The van der Waals surface area contributed by atoms with E-state index in [2.05, 4.69) is 15.3 Å². The van der Waals surface area contributed by atoms with Gasteiger partial charge in [0.15, 0.2) is 0 Å². The number of aromatic nitrogens is 2. The van der Waals surface area contributed by atoms with Gasteiger partial charge in [0.25, 0.3) is 0 Å². The van der Waals surface area contributed by atoms with Gasteiger partial charge >= 0.3 is 0 Å². The van der Waals surface area contributed by atoms with Gasteiger partial charge in [-0.1, -0.05) is 13.0 Å². The lowest BCUT2D eigenvalue weighted by Crippen LogP contribution is -2.29. The van der Waals surface area contributed by atoms with Crippen LogP contribution in [0.25, 0.3) is 0 Å². The van der Waals surface area contributed by atoms with Gasteiger partial charge in [-0.05, 0) is 35.7 Å². The SMILES string of the molecule is CC[C@H](NC(=O)Cc1ccncc1)c1cccnc1. The lowest BCUT2D eigenvalue weighted by atomic mass is 10.1. The molecule has 0 aliphatic heterocycles. The maximum Gasteiger partial charge on any atom is 0.224 e. The number of pyridine rings is 2. The first-order chi connectivity index (χ1) is 9.29. The quantitative estimate of drug-likeness (QED) is 0.891. The minimum Gasteiger partial charge on any atom is -0.349 e. The fraction of sp³-hybridized carbons (Fsp3) is 0.267. The lowest BCUT2D eigenvalue weighted by Gasteiger charge is -2.17. The van der Waals surface area contributed by atoms with Gasteiger partial charge in [0.1, 0.15) is 0 Å². The second-order valence-electron chi connectivity index (χ2n) is 4.35. The van der Waals surface area contributed by atoms with Crippen LogP contribution >= 0.6 is 0 Å². The van der Waals surface area contributed by atoms with Crippen LogP contribution in [-0.4, -0.2) is 15.9 Å². The van der Waals surface area contributed by atoms with Crippen LogP contribution in [0.5, 0.6) is 0 Å². The molecule has 0 aliphatic carbocycles. The molecule has 0 aromatic carbocycles. The van der Waals surface area contributed by atoms with E-state index in [1.54, 1.807) is 24.8 Å². The Kier molecular flexibility index (Phi) is 4.61. The largest absolute Gasteiger partial charge is 0.349 e. The molecule has 2 heterocycles. The van der Waals surface area contributed by atoms with Crippen molar-refractivity contribution in [2.75, 3.05) is 0 Å². The molecule has 4 nitrogen and oxygen atoms in total. The van der Waals surface area contributed by atoms with Crippen molar-refractivity contribution < 1.29 is 4.79 Å². The molecule has 2 rings (SSSR count). The highest BCUT2D eigenvalue weighted by molar-refractivity contribution is 5.78. The second-order valence-corrected chi connectivity index (χ2v) is 4.35. The lowest BCUT2D eigenvalue weighted by molar-refractivity contribution is -0.121. The fourth-order valence-corrected chi connectivity index (χ4v) is 1.93. The minimum absolute atomic E-state index is 0.0157. The standard InChI is InChI=1S/C15H17N3O/c1-2-14(13-4-3-7-17-11-13)18-15(19)10-12-5-8-16-9-6-12/h3-9,11,14H,2,10H2,1H3,(H,18,19)/t14-/m0/s1. The predicted octanol–water partition coefficient (Wildman–Crippen LogP) is 2.29. The highest BCUT2D eigenvalue weighted by atomic mass is 16.1. The van der Waals surface area contributed by atoms with E-state index in [0.29, 0.717) is 6.42 Å². The summed E-state index contributed by atoms with van der Waals surface area (Å²) in [5, 5.41) is 3.03. The van der Waals surface area contributed by atoms with Gasteiger partial charge in [-0.2, -0.15) is 0 Å². The summed E-state index contributed by atoms with van der Waals surface area (Å²) in [6.07, 6.45) is 8.13. The molecule has 0 spiro atoms. The zero-order chi connectivity index (χ0) is 13.5. The summed E-state index contributed by atoms with van der Waals surface area (Å²) >= 11 is 0. The Bertz CT molecular complexity index is 513. The molecule has 1 amide bonds. The molecule has 4 heteroatoms. The first-order valence-electron chi connectivity index (χ1n) is 6.37. The van der Waals surface area contributed by atoms with E-state index in [1.165, 1.54) is 0 Å². The molecule has 0 aliphatic rings. The van der Waals surface area contributed by atoms with Crippen molar-refractivity contribution in [3.63, 3.8) is 0 Å². The molecule has 0 bridgehead atoms. The summed E-state index contributed by atoms with van der Waals surface area (Å²) in [5.74, 6) is 0.0157. The van der Waals surface area contributed by atoms with E-state index in [1.807, 2.05) is 31.2 Å². The molecule has 19 heavy (non-hydrogen) atoms. The van der Waals surface area contributed by atoms with Crippen LogP contribution in [0.4, 0.5) is 0 Å². The third-order valence-electron chi connectivity index (χ3n) is 2.94. The molecule has 2 aromatic heterocycles. The van der Waals surface area contributed by atoms with Gasteiger partial charge in [-0.15, -0.1) is 0 Å². The van der Waals surface area contributed by atoms with Crippen LogP contribution in [0.1, 0.15) is 30.5 Å². The normalized spacial score (nSPS) is 11.8. The van der Waals surface area contributed by atoms with Crippen molar-refractivity contribution in [1.82, 2.24) is 15.3 Å². The minimum atomic E-state index is 0.0157. The van der Waals surface area contributed by atoms with E-state index in [4.69, 9.17) is 0 Å². The number of carbonyl (C=O) groups is 1. The van der Waals surface area contributed by atoms with Gasteiger partial charge in [-0.25, -0.2) is 0 Å². The summed E-state index contributed by atoms with van der Waals surface area (Å²) in [4.78, 5) is 20.0. The van der Waals surface area contributed by atoms with Gasteiger partial charge in [0.2, 0.25) is 5.91 Å². The third-order valence-corrected chi connectivity index (χ3v) is 2.94. The number of nitrogens with zero attached hydrogens (tertiary/aromatic N) is 2. The molecule has 1 N–H and O–H groups in total. The van der Waals surface area contributed by atoms with Crippen LogP contribution in [0, 0.1) is 0 Å². The van der Waals surface area contributed by atoms with Crippen molar-refractivity contribution in [3.8, 4) is 0 Å². The molecule has 2 aromatic rings. The summed E-state index contributed by atoms with van der Waals surface area (Å²) in [6, 6.07) is 7.58. The molecule has 0 saturated heterocycles. The van der Waals surface area contributed by atoms with Crippen LogP contribution in [0.3, 0.4) is 0 Å². The highest BCUT2D eigenvalue weighted by Gasteiger charge is 2.12. The first kappa shape index (κ1) is 13.2. The zero-order valence-electron chi connectivity index (χ0n) is 10.9. The summed E-state index contributed by atoms with van der Waals surface area (Å²) in [5.41, 5.74) is 2.00. The van der Waals surface area contributed by atoms with Crippen LogP contribution < -0.4 is 5.32 Å². The van der Waals surface area contributed by atoms with Crippen molar-refractivity contribution in [2.45, 2.75) is 25.8 Å². The Morgan fingerprint density at radius 1 is 1.21 bits per heavy atom. The van der Waals surface area contributed by atoms with Gasteiger partial charge < -0.3 is 5.32 Å². The topological polar surface area (TPSA) is 54.9 Å². The molecule has 0 radical (unpaired) electrons. The Balaban J connectivity index is 1.97. The van der Waals surface area contributed by atoms with E-state index in [0.717, 1.165) is 17.5 Å². The second kappa shape index (κ2) is 6.64. The highest BCUT2D eigenvalue weighted by Crippen LogP contribution is 2.15. The third kappa shape index (κ3) is 3.88. The number of nitrogens with one attached hydrogen (secondary N) is 1. The van der Waals surface area contributed by atoms with Gasteiger partial charge in [0.05, 0.1) is 12.5 Å². The van der Waals surface area contributed by atoms with Crippen molar-refractivity contribution in [2.24, 2.45) is 0 Å². The van der Waals surface area contributed by atoms with E-state index < -0.39 is 0 Å². The van der Waals surface area contributed by atoms with Crippen molar-refractivity contribution in [3.05, 3.63) is 60.2 Å². The zero-order valence-corrected chi connectivity index (χ0v) is 10.9. The summed E-state index contributed by atoms with van der Waals surface area (Å²) < 4.78 is 0.